The van der Waals surface area contributed by atoms with Gasteiger partial charge in [0.2, 0.25) is 0 Å². The molecular formula is C24H17BrCl2O7. The van der Waals surface area contributed by atoms with Gasteiger partial charge >= 0.3 is 17.9 Å². The van der Waals surface area contributed by atoms with Crippen molar-refractivity contribution in [2.45, 2.75) is 17.4 Å². The highest BCUT2D eigenvalue weighted by molar-refractivity contribution is 9.09. The first-order chi connectivity index (χ1) is 16.2. The number of alkyl halides is 1. The van der Waals surface area contributed by atoms with Crippen molar-refractivity contribution in [3.63, 3.8) is 0 Å². The van der Waals surface area contributed by atoms with Gasteiger partial charge in [0.15, 0.2) is 12.4 Å². The maximum atomic E-state index is 12.7. The Labute approximate surface area is 212 Å². The lowest BCUT2D eigenvalue weighted by molar-refractivity contribution is -0.154. The molecule has 176 valence electrons. The largest absolute Gasteiger partial charge is 0.461 e. The standard InChI is InChI=1S/C24H17BrCl2O7/c25-20-14-8-15-19(24(31)34-21(15)20)18(14)23(30)32-9-17(28)10-1-4-12(5-2-10)33-22(29)13-6-3-11(26)7-16(13)27/h1-7,14-15,18-21H,8-9H2/t14-,15-,18-,19-,20-,21+/m1/s1. The van der Waals surface area contributed by atoms with Gasteiger partial charge in [0.1, 0.15) is 11.9 Å². The van der Waals surface area contributed by atoms with Gasteiger partial charge in [-0.1, -0.05) is 39.1 Å². The van der Waals surface area contributed by atoms with Gasteiger partial charge in [-0.15, -0.1) is 0 Å². The zero-order chi connectivity index (χ0) is 24.1. The molecule has 0 amide bonds. The average molecular weight is 568 g/mol. The van der Waals surface area contributed by atoms with Gasteiger partial charge in [0.25, 0.3) is 0 Å². The van der Waals surface area contributed by atoms with Gasteiger partial charge in [-0.05, 0) is 54.8 Å². The second-order valence-electron chi connectivity index (χ2n) is 8.53. The van der Waals surface area contributed by atoms with E-state index in [9.17, 15) is 19.2 Å². The van der Waals surface area contributed by atoms with E-state index in [4.69, 9.17) is 37.4 Å². The zero-order valence-electron chi connectivity index (χ0n) is 17.4. The molecular weight excluding hydrogens is 551 g/mol. The third-order valence-corrected chi connectivity index (χ3v) is 8.43. The fourth-order valence-corrected chi connectivity index (χ4v) is 6.67. The van der Waals surface area contributed by atoms with Crippen LogP contribution in [0.25, 0.3) is 0 Å². The van der Waals surface area contributed by atoms with E-state index in [0.717, 1.165) is 6.42 Å². The van der Waals surface area contributed by atoms with Crippen molar-refractivity contribution in [1.29, 1.82) is 0 Å². The summed E-state index contributed by atoms with van der Waals surface area (Å²) in [5.41, 5.74) is 0.436. The van der Waals surface area contributed by atoms with Crippen molar-refractivity contribution in [3.05, 3.63) is 63.6 Å². The van der Waals surface area contributed by atoms with Crippen LogP contribution in [0.15, 0.2) is 42.5 Å². The van der Waals surface area contributed by atoms with E-state index in [1.807, 2.05) is 0 Å². The van der Waals surface area contributed by atoms with E-state index < -0.39 is 36.2 Å². The van der Waals surface area contributed by atoms with Crippen LogP contribution in [-0.2, 0) is 19.1 Å². The minimum atomic E-state index is -0.668. The molecule has 2 saturated carbocycles. The topological polar surface area (TPSA) is 96.0 Å². The Morgan fingerprint density at radius 2 is 1.79 bits per heavy atom. The summed E-state index contributed by atoms with van der Waals surface area (Å²) in [6.07, 6.45) is 0.545. The molecule has 6 atom stereocenters. The first kappa shape index (κ1) is 23.3. The molecule has 1 heterocycles. The van der Waals surface area contributed by atoms with Crippen molar-refractivity contribution < 1.29 is 33.4 Å². The van der Waals surface area contributed by atoms with E-state index in [0.29, 0.717) is 5.02 Å². The summed E-state index contributed by atoms with van der Waals surface area (Å²) >= 11 is 15.4. The van der Waals surface area contributed by atoms with E-state index in [-0.39, 0.29) is 50.6 Å². The van der Waals surface area contributed by atoms with E-state index in [1.54, 1.807) is 0 Å². The lowest BCUT2D eigenvalue weighted by Gasteiger charge is -2.26. The number of ketones is 1. The average Bonchev–Trinajstić information content (AvgIpc) is 3.42. The summed E-state index contributed by atoms with van der Waals surface area (Å²) in [4.78, 5) is 49.7. The number of fused-ring (bicyclic) bond motifs is 1. The third-order valence-electron chi connectivity index (χ3n) is 6.68. The minimum Gasteiger partial charge on any atom is -0.461 e. The molecule has 1 saturated heterocycles. The van der Waals surface area contributed by atoms with Gasteiger partial charge in [0, 0.05) is 16.5 Å². The number of esters is 3. The summed E-state index contributed by atoms with van der Waals surface area (Å²) in [5, 5.41) is 0.555. The third kappa shape index (κ3) is 4.01. The smallest absolute Gasteiger partial charge is 0.345 e. The molecule has 2 aliphatic carbocycles. The van der Waals surface area contributed by atoms with Gasteiger partial charge < -0.3 is 14.2 Å². The summed E-state index contributed by atoms with van der Waals surface area (Å²) in [6.45, 7) is -0.454. The Morgan fingerprint density at radius 1 is 1.06 bits per heavy atom. The lowest BCUT2D eigenvalue weighted by Crippen LogP contribution is -2.39. The van der Waals surface area contributed by atoms with Crippen LogP contribution in [0.4, 0.5) is 0 Å². The molecule has 0 radical (unpaired) electrons. The maximum Gasteiger partial charge on any atom is 0.345 e. The lowest BCUT2D eigenvalue weighted by atomic mass is 9.80. The Kier molecular flexibility index (Phi) is 6.16. The molecule has 10 heteroatoms. The highest BCUT2D eigenvalue weighted by Crippen LogP contribution is 2.60. The number of carbonyl (C=O) groups excluding carboxylic acids is 4. The SMILES string of the molecule is O=C(COC(=O)[C@@H]1[C@H]2C[C@H]3[C@H](OC(=O)[C@H]31)[C@@H]2Br)c1ccc(OC(=O)c2ccc(Cl)cc2Cl)cc1. The number of hydrogen-bond donors (Lipinski definition) is 0. The van der Waals surface area contributed by atoms with Crippen LogP contribution in [0.1, 0.15) is 27.1 Å². The number of ether oxygens (including phenoxy) is 3. The van der Waals surface area contributed by atoms with Gasteiger partial charge in [-0.3, -0.25) is 14.4 Å². The Bertz CT molecular complexity index is 1200. The Balaban J connectivity index is 1.18. The molecule has 2 aromatic carbocycles. The molecule has 3 fully saturated rings. The molecule has 0 unspecified atom stereocenters. The molecule has 0 aromatic heterocycles. The van der Waals surface area contributed by atoms with E-state index >= 15 is 0 Å². The second kappa shape index (κ2) is 8.98. The fourth-order valence-electron chi connectivity index (χ4n) is 5.14. The number of hydrogen-bond acceptors (Lipinski definition) is 7. The van der Waals surface area contributed by atoms with Crippen LogP contribution in [0.2, 0.25) is 10.0 Å². The van der Waals surface area contributed by atoms with Crippen LogP contribution in [0, 0.1) is 23.7 Å². The van der Waals surface area contributed by atoms with Crippen molar-refractivity contribution in [3.8, 4) is 5.75 Å². The van der Waals surface area contributed by atoms with Crippen LogP contribution >= 0.6 is 39.1 Å². The second-order valence-corrected chi connectivity index (χ2v) is 10.4. The summed E-state index contributed by atoms with van der Waals surface area (Å²) < 4.78 is 16.0. The number of benzene rings is 2. The monoisotopic (exact) mass is 566 g/mol. The summed E-state index contributed by atoms with van der Waals surface area (Å²) in [5.74, 6) is -2.91. The molecule has 5 rings (SSSR count). The van der Waals surface area contributed by atoms with Crippen molar-refractivity contribution in [2.75, 3.05) is 6.61 Å². The van der Waals surface area contributed by atoms with Crippen LogP contribution in [0.3, 0.4) is 0 Å². The highest BCUT2D eigenvalue weighted by Gasteiger charge is 2.68. The first-order valence-electron chi connectivity index (χ1n) is 10.6. The van der Waals surface area contributed by atoms with Crippen molar-refractivity contribution >= 4 is 62.8 Å². The summed E-state index contributed by atoms with van der Waals surface area (Å²) in [7, 11) is 0. The molecule has 34 heavy (non-hydrogen) atoms. The van der Waals surface area contributed by atoms with Crippen LogP contribution in [-0.4, -0.2) is 41.2 Å². The molecule has 0 N–H and O–H groups in total. The number of rotatable bonds is 6. The quantitative estimate of drug-likeness (QED) is 0.219. The Hall–Kier alpha value is -2.42. The predicted octanol–water partition coefficient (Wildman–Crippen LogP) is 4.51. The number of carbonyl (C=O) groups is 4. The van der Waals surface area contributed by atoms with Crippen molar-refractivity contribution in [1.82, 2.24) is 0 Å². The van der Waals surface area contributed by atoms with Gasteiger partial charge in [-0.2, -0.15) is 0 Å². The number of halogens is 3. The van der Waals surface area contributed by atoms with Crippen LogP contribution in [0.5, 0.6) is 5.75 Å². The number of Topliss-reactive ketones (excluding diaryl/α,β-unsaturated/α-hetero) is 1. The van der Waals surface area contributed by atoms with E-state index in [1.165, 1.54) is 42.5 Å². The molecule has 2 aromatic rings. The molecule has 3 aliphatic rings. The molecule has 1 aliphatic heterocycles. The normalized spacial score (nSPS) is 28.5. The van der Waals surface area contributed by atoms with Crippen molar-refractivity contribution in [2.24, 2.45) is 23.7 Å². The highest BCUT2D eigenvalue weighted by atomic mass is 79.9. The van der Waals surface area contributed by atoms with E-state index in [2.05, 4.69) is 15.9 Å². The molecule has 0 spiro atoms. The minimum absolute atomic E-state index is 0.0214. The molecule has 7 nitrogen and oxygen atoms in total. The van der Waals surface area contributed by atoms with Gasteiger partial charge in [-0.25, -0.2) is 4.79 Å². The maximum absolute atomic E-state index is 12.7. The molecule has 2 bridgehead atoms. The fraction of sp³-hybridized carbons (Fsp3) is 0.333. The van der Waals surface area contributed by atoms with Gasteiger partial charge in [0.05, 0.1) is 27.2 Å². The predicted molar refractivity (Wildman–Crippen MR) is 124 cm³/mol. The van der Waals surface area contributed by atoms with Crippen LogP contribution < -0.4 is 4.74 Å². The Morgan fingerprint density at radius 3 is 2.50 bits per heavy atom. The zero-order valence-corrected chi connectivity index (χ0v) is 20.5. The summed E-state index contributed by atoms with van der Waals surface area (Å²) in [6, 6.07) is 10.3. The first-order valence-corrected chi connectivity index (χ1v) is 12.2.